The van der Waals surface area contributed by atoms with E-state index in [1.807, 2.05) is 25.7 Å². The standard InChI is InChI=1S/C21H32N2O2/c1-15-8-9-16-10-11-19(18(16)13-15)22-17-7-5-6-12-23(14-17)20(24)25-21(2,3)4/h8-9,13,17,19,22H,5-7,10-12,14H2,1-4H3. The van der Waals surface area contributed by atoms with Crippen LogP contribution in [0.3, 0.4) is 0 Å². The first-order valence-corrected chi connectivity index (χ1v) is 9.65. The van der Waals surface area contributed by atoms with Crippen molar-refractivity contribution in [3.63, 3.8) is 0 Å². The summed E-state index contributed by atoms with van der Waals surface area (Å²) < 4.78 is 5.58. The van der Waals surface area contributed by atoms with E-state index in [4.69, 9.17) is 4.74 Å². The Morgan fingerprint density at radius 1 is 1.24 bits per heavy atom. The van der Waals surface area contributed by atoms with E-state index >= 15 is 0 Å². The molecule has 1 aromatic rings. The van der Waals surface area contributed by atoms with Crippen LogP contribution in [0.1, 0.15) is 69.2 Å². The molecule has 1 N–H and O–H groups in total. The van der Waals surface area contributed by atoms with Crippen LogP contribution >= 0.6 is 0 Å². The first-order valence-electron chi connectivity index (χ1n) is 9.65. The molecule has 0 bridgehead atoms. The number of ether oxygens (including phenoxy) is 1. The van der Waals surface area contributed by atoms with Crippen molar-refractivity contribution in [3.05, 3.63) is 34.9 Å². The van der Waals surface area contributed by atoms with Gasteiger partial charge in [0.15, 0.2) is 0 Å². The average molecular weight is 344 g/mol. The fraction of sp³-hybridized carbons (Fsp3) is 0.667. The van der Waals surface area contributed by atoms with Crippen LogP contribution < -0.4 is 5.32 Å². The third kappa shape index (κ3) is 4.75. The Balaban J connectivity index is 1.65. The van der Waals surface area contributed by atoms with Gasteiger partial charge in [-0.2, -0.15) is 0 Å². The molecule has 1 aliphatic heterocycles. The van der Waals surface area contributed by atoms with Crippen molar-refractivity contribution < 1.29 is 9.53 Å². The lowest BCUT2D eigenvalue weighted by Gasteiger charge is -2.30. The fourth-order valence-corrected chi connectivity index (χ4v) is 3.95. The minimum Gasteiger partial charge on any atom is -0.444 e. The smallest absolute Gasteiger partial charge is 0.410 e. The van der Waals surface area contributed by atoms with Gasteiger partial charge in [-0.05, 0) is 64.5 Å². The van der Waals surface area contributed by atoms with Crippen LogP contribution in [0.25, 0.3) is 0 Å². The lowest BCUT2D eigenvalue weighted by atomic mass is 10.0. The minimum absolute atomic E-state index is 0.177. The number of rotatable bonds is 2. The predicted octanol–water partition coefficient (Wildman–Crippen LogP) is 4.36. The Kier molecular flexibility index (Phi) is 5.38. The number of benzene rings is 1. The molecule has 1 aliphatic carbocycles. The number of nitrogens with zero attached hydrogens (tertiary/aromatic N) is 1. The Labute approximate surface area is 151 Å². The molecule has 4 heteroatoms. The van der Waals surface area contributed by atoms with Crippen molar-refractivity contribution in [2.75, 3.05) is 13.1 Å². The van der Waals surface area contributed by atoms with Crippen LogP contribution in [0.2, 0.25) is 0 Å². The van der Waals surface area contributed by atoms with Gasteiger partial charge in [-0.1, -0.05) is 30.2 Å². The molecule has 0 radical (unpaired) electrons. The summed E-state index contributed by atoms with van der Waals surface area (Å²) in [6, 6.07) is 7.55. The SMILES string of the molecule is Cc1ccc2c(c1)C(NC1CCCCN(C(=O)OC(C)(C)C)C1)CC2. The molecular weight excluding hydrogens is 312 g/mol. The summed E-state index contributed by atoms with van der Waals surface area (Å²) in [5, 5.41) is 3.84. The van der Waals surface area contributed by atoms with Gasteiger partial charge in [-0.15, -0.1) is 0 Å². The second-order valence-electron chi connectivity index (χ2n) is 8.58. The molecule has 1 aromatic carbocycles. The fourth-order valence-electron chi connectivity index (χ4n) is 3.95. The summed E-state index contributed by atoms with van der Waals surface area (Å²) in [7, 11) is 0. The van der Waals surface area contributed by atoms with Crippen LogP contribution in [0.15, 0.2) is 18.2 Å². The van der Waals surface area contributed by atoms with Gasteiger partial charge in [-0.25, -0.2) is 4.79 Å². The first-order chi connectivity index (χ1) is 11.8. The van der Waals surface area contributed by atoms with Crippen molar-refractivity contribution in [1.82, 2.24) is 10.2 Å². The zero-order chi connectivity index (χ0) is 18.0. The zero-order valence-corrected chi connectivity index (χ0v) is 16.1. The van der Waals surface area contributed by atoms with E-state index in [9.17, 15) is 4.79 Å². The summed E-state index contributed by atoms with van der Waals surface area (Å²) in [5.74, 6) is 0. The summed E-state index contributed by atoms with van der Waals surface area (Å²) in [6.07, 6.45) is 5.46. The second kappa shape index (κ2) is 7.36. The molecule has 0 aromatic heterocycles. The number of hydrogen-bond acceptors (Lipinski definition) is 3. The van der Waals surface area contributed by atoms with Crippen LogP contribution in [-0.2, 0) is 11.2 Å². The van der Waals surface area contributed by atoms with E-state index < -0.39 is 5.60 Å². The maximum Gasteiger partial charge on any atom is 0.410 e. The van der Waals surface area contributed by atoms with Crippen molar-refractivity contribution in [2.45, 2.75) is 77.5 Å². The van der Waals surface area contributed by atoms with E-state index in [1.165, 1.54) is 16.7 Å². The zero-order valence-electron chi connectivity index (χ0n) is 16.1. The molecule has 1 fully saturated rings. The summed E-state index contributed by atoms with van der Waals surface area (Å²) in [5.41, 5.74) is 3.81. The molecule has 4 nitrogen and oxygen atoms in total. The number of hydrogen-bond donors (Lipinski definition) is 1. The van der Waals surface area contributed by atoms with Crippen molar-refractivity contribution in [1.29, 1.82) is 0 Å². The lowest BCUT2D eigenvalue weighted by Crippen LogP contribution is -2.45. The van der Waals surface area contributed by atoms with Crippen molar-refractivity contribution in [2.24, 2.45) is 0 Å². The third-order valence-electron chi connectivity index (χ3n) is 5.14. The number of aryl methyl sites for hydroxylation is 2. The van der Waals surface area contributed by atoms with Crippen molar-refractivity contribution >= 4 is 6.09 Å². The van der Waals surface area contributed by atoms with Crippen LogP contribution in [0.5, 0.6) is 0 Å². The quantitative estimate of drug-likeness (QED) is 0.866. The topological polar surface area (TPSA) is 41.6 Å². The molecule has 0 spiro atoms. The third-order valence-corrected chi connectivity index (χ3v) is 5.14. The number of likely N-dealkylation sites (tertiary alicyclic amines) is 1. The van der Waals surface area contributed by atoms with E-state index in [0.717, 1.165) is 45.2 Å². The van der Waals surface area contributed by atoms with E-state index in [-0.39, 0.29) is 6.09 Å². The van der Waals surface area contributed by atoms with Crippen molar-refractivity contribution in [3.8, 4) is 0 Å². The number of amides is 1. The number of fused-ring (bicyclic) bond motifs is 1. The molecule has 2 aliphatic rings. The molecule has 1 heterocycles. The second-order valence-corrected chi connectivity index (χ2v) is 8.58. The number of nitrogens with one attached hydrogen (secondary N) is 1. The van der Waals surface area contributed by atoms with Crippen LogP contribution in [0, 0.1) is 6.92 Å². The van der Waals surface area contributed by atoms with Crippen LogP contribution in [-0.4, -0.2) is 35.7 Å². The molecule has 1 saturated heterocycles. The highest BCUT2D eigenvalue weighted by Gasteiger charge is 2.29. The van der Waals surface area contributed by atoms with E-state index in [2.05, 4.69) is 30.4 Å². The Morgan fingerprint density at radius 2 is 2.04 bits per heavy atom. The maximum absolute atomic E-state index is 12.5. The largest absolute Gasteiger partial charge is 0.444 e. The molecule has 1 amide bonds. The van der Waals surface area contributed by atoms with Gasteiger partial charge in [-0.3, -0.25) is 0 Å². The van der Waals surface area contributed by atoms with Crippen LogP contribution in [0.4, 0.5) is 4.79 Å². The normalized spacial score (nSPS) is 23.9. The Bertz CT molecular complexity index is 621. The van der Waals surface area contributed by atoms with Gasteiger partial charge in [0, 0.05) is 25.2 Å². The molecule has 2 atom stereocenters. The van der Waals surface area contributed by atoms with Gasteiger partial charge in [0.1, 0.15) is 5.60 Å². The Hall–Kier alpha value is -1.55. The Morgan fingerprint density at radius 3 is 2.80 bits per heavy atom. The predicted molar refractivity (Wildman–Crippen MR) is 101 cm³/mol. The van der Waals surface area contributed by atoms with E-state index in [1.54, 1.807) is 0 Å². The molecule has 3 rings (SSSR count). The molecule has 0 saturated carbocycles. The molecular formula is C21H32N2O2. The summed E-state index contributed by atoms with van der Waals surface area (Å²) in [6.45, 7) is 9.48. The summed E-state index contributed by atoms with van der Waals surface area (Å²) in [4.78, 5) is 14.4. The van der Waals surface area contributed by atoms with Gasteiger partial charge in [0.2, 0.25) is 0 Å². The monoisotopic (exact) mass is 344 g/mol. The molecule has 25 heavy (non-hydrogen) atoms. The highest BCUT2D eigenvalue weighted by molar-refractivity contribution is 5.68. The minimum atomic E-state index is -0.436. The summed E-state index contributed by atoms with van der Waals surface area (Å²) >= 11 is 0. The first kappa shape index (κ1) is 18.2. The number of carbonyl (C=O) groups excluding carboxylic acids is 1. The average Bonchev–Trinajstić information content (AvgIpc) is 2.75. The van der Waals surface area contributed by atoms with Gasteiger partial charge in [0.25, 0.3) is 0 Å². The maximum atomic E-state index is 12.5. The lowest BCUT2D eigenvalue weighted by molar-refractivity contribution is 0.0241. The van der Waals surface area contributed by atoms with Gasteiger partial charge >= 0.3 is 6.09 Å². The number of carbonyl (C=O) groups is 1. The van der Waals surface area contributed by atoms with Gasteiger partial charge < -0.3 is 15.0 Å². The molecule has 138 valence electrons. The highest BCUT2D eigenvalue weighted by Crippen LogP contribution is 2.32. The highest BCUT2D eigenvalue weighted by atomic mass is 16.6. The van der Waals surface area contributed by atoms with Gasteiger partial charge in [0.05, 0.1) is 0 Å². The van der Waals surface area contributed by atoms with E-state index in [0.29, 0.717) is 12.1 Å². The molecule has 2 unspecified atom stereocenters.